The standard InChI is InChI=1S/C31H29Cl2N7O4/c1-40-31(42)26-17(13-37-40)9-11-34-29(26)38-22-8-4-6-19(28(22)33)18-5-3-7-20(27(18)32)23-14-36-24(30(39-23)43-2)15-35-21-10-12-44-16-25(21)41/h3-9,11,13-14,21,25,35,41H,10,12,15-16H2,1-2H3,(H,34,38)/t21-,25+/m0/s1. The SMILES string of the molecule is COc1nc(-c2cccc(-c3cccc(Nc4nccc5cnn(C)c(=O)c45)c3Cl)c2Cl)cnc1CN[C@H]1CCOC[C@H]1O. The number of fused-ring (bicyclic) bond motifs is 1. The van der Waals surface area contributed by atoms with Gasteiger partial charge >= 0.3 is 0 Å². The lowest BCUT2D eigenvalue weighted by atomic mass is 10.0. The van der Waals surface area contributed by atoms with Gasteiger partial charge in [0.25, 0.3) is 5.56 Å². The molecule has 11 nitrogen and oxygen atoms in total. The van der Waals surface area contributed by atoms with Gasteiger partial charge in [0, 0.05) is 54.5 Å². The monoisotopic (exact) mass is 633 g/mol. The summed E-state index contributed by atoms with van der Waals surface area (Å²) in [6.07, 6.45) is 4.98. The Labute approximate surface area is 262 Å². The maximum atomic E-state index is 12.9. The van der Waals surface area contributed by atoms with Crippen molar-refractivity contribution in [3.63, 3.8) is 0 Å². The number of aryl methyl sites for hydroxylation is 1. The summed E-state index contributed by atoms with van der Waals surface area (Å²) in [5.41, 5.74) is 3.42. The number of halogens is 2. The molecule has 0 saturated carbocycles. The predicted molar refractivity (Wildman–Crippen MR) is 170 cm³/mol. The van der Waals surface area contributed by atoms with E-state index in [1.807, 2.05) is 30.3 Å². The van der Waals surface area contributed by atoms with Crippen LogP contribution in [0.4, 0.5) is 11.5 Å². The Bertz CT molecular complexity index is 1900. The molecule has 44 heavy (non-hydrogen) atoms. The molecular formula is C31H29Cl2N7O4. The number of hydrogen-bond acceptors (Lipinski definition) is 10. The number of benzene rings is 2. The number of rotatable bonds is 8. The molecule has 1 aliphatic heterocycles. The minimum atomic E-state index is -0.586. The van der Waals surface area contributed by atoms with E-state index in [1.165, 1.54) is 11.8 Å². The van der Waals surface area contributed by atoms with Gasteiger partial charge in [-0.3, -0.25) is 9.78 Å². The topological polar surface area (TPSA) is 136 Å². The van der Waals surface area contributed by atoms with Gasteiger partial charge in [0.2, 0.25) is 5.88 Å². The van der Waals surface area contributed by atoms with Crippen LogP contribution in [0, 0.1) is 0 Å². The van der Waals surface area contributed by atoms with Gasteiger partial charge in [-0.15, -0.1) is 0 Å². The second kappa shape index (κ2) is 12.8. The quantitative estimate of drug-likeness (QED) is 0.219. The van der Waals surface area contributed by atoms with E-state index in [4.69, 9.17) is 37.7 Å². The molecule has 2 atom stereocenters. The molecular weight excluding hydrogens is 605 g/mol. The molecule has 3 N–H and O–H groups in total. The highest BCUT2D eigenvalue weighted by atomic mass is 35.5. The van der Waals surface area contributed by atoms with E-state index < -0.39 is 6.10 Å². The molecule has 0 radical (unpaired) electrons. The first-order valence-corrected chi connectivity index (χ1v) is 14.7. The molecule has 226 valence electrons. The number of ether oxygens (including phenoxy) is 2. The van der Waals surface area contributed by atoms with E-state index in [1.54, 1.807) is 37.8 Å². The van der Waals surface area contributed by atoms with Gasteiger partial charge in [-0.2, -0.15) is 5.10 Å². The van der Waals surface area contributed by atoms with Crippen LogP contribution in [-0.2, 0) is 18.3 Å². The van der Waals surface area contributed by atoms with Crippen LogP contribution in [0.2, 0.25) is 10.0 Å². The summed E-state index contributed by atoms with van der Waals surface area (Å²) in [7, 11) is 3.12. The molecule has 1 saturated heterocycles. The largest absolute Gasteiger partial charge is 0.480 e. The molecule has 0 spiro atoms. The smallest absolute Gasteiger partial charge is 0.278 e. The van der Waals surface area contributed by atoms with Gasteiger partial charge in [-0.1, -0.05) is 53.5 Å². The van der Waals surface area contributed by atoms with Crippen LogP contribution >= 0.6 is 23.2 Å². The molecule has 0 bridgehead atoms. The Balaban J connectivity index is 1.30. The molecule has 0 amide bonds. The Hall–Kier alpha value is -4.13. The fourth-order valence-electron chi connectivity index (χ4n) is 5.17. The first-order chi connectivity index (χ1) is 21.4. The van der Waals surface area contributed by atoms with Crippen LogP contribution in [0.3, 0.4) is 0 Å². The van der Waals surface area contributed by atoms with Crippen molar-refractivity contribution in [3.05, 3.63) is 87.1 Å². The first-order valence-electron chi connectivity index (χ1n) is 13.9. The van der Waals surface area contributed by atoms with Gasteiger partial charge in [0.1, 0.15) is 11.5 Å². The normalized spacial score (nSPS) is 16.7. The lowest BCUT2D eigenvalue weighted by Gasteiger charge is -2.28. The summed E-state index contributed by atoms with van der Waals surface area (Å²) in [5.74, 6) is 0.721. The van der Waals surface area contributed by atoms with Crippen LogP contribution in [0.5, 0.6) is 5.88 Å². The van der Waals surface area contributed by atoms with Crippen molar-refractivity contribution in [2.75, 3.05) is 25.6 Å². The number of methoxy groups -OCH3 is 1. The van der Waals surface area contributed by atoms with Crippen molar-refractivity contribution in [1.29, 1.82) is 0 Å². The van der Waals surface area contributed by atoms with Gasteiger partial charge in [-0.25, -0.2) is 14.6 Å². The number of aliphatic hydroxyl groups excluding tert-OH is 1. The maximum absolute atomic E-state index is 12.9. The number of nitrogens with zero attached hydrogens (tertiary/aromatic N) is 5. The minimum absolute atomic E-state index is 0.102. The first kappa shape index (κ1) is 29.9. The van der Waals surface area contributed by atoms with E-state index in [0.717, 1.165) is 0 Å². The fourth-order valence-corrected chi connectivity index (χ4v) is 5.77. The molecule has 1 aliphatic rings. The number of aliphatic hydroxyl groups is 1. The molecule has 1 fully saturated rings. The third kappa shape index (κ3) is 5.84. The van der Waals surface area contributed by atoms with Crippen molar-refractivity contribution in [3.8, 4) is 28.3 Å². The average molecular weight is 635 g/mol. The maximum Gasteiger partial charge on any atom is 0.278 e. The van der Waals surface area contributed by atoms with Crippen LogP contribution in [0.1, 0.15) is 12.1 Å². The number of pyridine rings is 1. The highest BCUT2D eigenvalue weighted by Gasteiger charge is 2.24. The summed E-state index contributed by atoms with van der Waals surface area (Å²) >= 11 is 13.9. The lowest BCUT2D eigenvalue weighted by Crippen LogP contribution is -2.46. The minimum Gasteiger partial charge on any atom is -0.480 e. The zero-order valence-electron chi connectivity index (χ0n) is 23.9. The Morgan fingerprint density at radius 2 is 1.84 bits per heavy atom. The molecule has 0 unspecified atom stereocenters. The van der Waals surface area contributed by atoms with Gasteiger partial charge in [-0.05, 0) is 18.6 Å². The summed E-state index contributed by atoms with van der Waals surface area (Å²) in [6.45, 7) is 1.26. The number of aromatic nitrogens is 5. The Morgan fingerprint density at radius 1 is 1.07 bits per heavy atom. The third-order valence-electron chi connectivity index (χ3n) is 7.54. The fraction of sp³-hybridized carbons (Fsp3) is 0.258. The number of hydrogen-bond donors (Lipinski definition) is 3. The zero-order chi connectivity index (χ0) is 30.8. The molecule has 0 aliphatic carbocycles. The molecule has 5 aromatic rings. The molecule has 2 aromatic carbocycles. The van der Waals surface area contributed by atoms with Crippen LogP contribution in [0.15, 0.2) is 65.8 Å². The van der Waals surface area contributed by atoms with Crippen LogP contribution in [0.25, 0.3) is 33.2 Å². The molecule has 4 heterocycles. The second-order valence-electron chi connectivity index (χ2n) is 10.3. The predicted octanol–water partition coefficient (Wildman–Crippen LogP) is 4.75. The van der Waals surface area contributed by atoms with Crippen molar-refractivity contribution in [2.45, 2.75) is 25.1 Å². The number of nitrogens with one attached hydrogen (secondary N) is 2. The highest BCUT2D eigenvalue weighted by Crippen LogP contribution is 2.42. The van der Waals surface area contributed by atoms with Crippen LogP contribution in [-0.4, -0.2) is 62.3 Å². The van der Waals surface area contributed by atoms with E-state index in [-0.39, 0.29) is 11.6 Å². The van der Waals surface area contributed by atoms with E-state index >= 15 is 0 Å². The van der Waals surface area contributed by atoms with Gasteiger partial charge in [0.05, 0.1) is 59.0 Å². The Morgan fingerprint density at radius 3 is 2.64 bits per heavy atom. The highest BCUT2D eigenvalue weighted by molar-refractivity contribution is 6.39. The van der Waals surface area contributed by atoms with Gasteiger partial charge < -0.3 is 25.2 Å². The third-order valence-corrected chi connectivity index (χ3v) is 8.35. The summed E-state index contributed by atoms with van der Waals surface area (Å²) in [6, 6.07) is 12.7. The van der Waals surface area contributed by atoms with E-state index in [2.05, 4.69) is 25.7 Å². The van der Waals surface area contributed by atoms with Crippen molar-refractivity contribution in [1.82, 2.24) is 30.0 Å². The van der Waals surface area contributed by atoms with Gasteiger partial charge in [0.15, 0.2) is 0 Å². The van der Waals surface area contributed by atoms with Crippen molar-refractivity contribution >= 4 is 45.5 Å². The number of anilines is 2. The van der Waals surface area contributed by atoms with E-state index in [9.17, 15) is 9.90 Å². The molecule has 3 aromatic heterocycles. The second-order valence-corrected chi connectivity index (χ2v) is 11.0. The summed E-state index contributed by atoms with van der Waals surface area (Å²) in [4.78, 5) is 26.5. The molecule has 13 heteroatoms. The summed E-state index contributed by atoms with van der Waals surface area (Å²) < 4.78 is 12.1. The molecule has 6 rings (SSSR count). The van der Waals surface area contributed by atoms with Crippen LogP contribution < -0.4 is 20.9 Å². The lowest BCUT2D eigenvalue weighted by molar-refractivity contribution is -0.0281. The summed E-state index contributed by atoms with van der Waals surface area (Å²) in [5, 5.41) is 22.7. The van der Waals surface area contributed by atoms with E-state index in [0.29, 0.717) is 92.5 Å². The zero-order valence-corrected chi connectivity index (χ0v) is 25.4. The van der Waals surface area contributed by atoms with Crippen molar-refractivity contribution in [2.24, 2.45) is 7.05 Å². The van der Waals surface area contributed by atoms with Crippen molar-refractivity contribution < 1.29 is 14.6 Å². The average Bonchev–Trinajstić information content (AvgIpc) is 3.04. The Kier molecular flexibility index (Phi) is 8.74.